The van der Waals surface area contributed by atoms with E-state index in [1.54, 1.807) is 40.1 Å². The molecule has 2 aliphatic rings. The van der Waals surface area contributed by atoms with E-state index in [-0.39, 0.29) is 42.8 Å². The predicted octanol–water partition coefficient (Wildman–Crippen LogP) is 1.72. The van der Waals surface area contributed by atoms with Crippen LogP contribution in [-0.4, -0.2) is 59.5 Å². The number of ketones is 1. The summed E-state index contributed by atoms with van der Waals surface area (Å²) in [6, 6.07) is 8.41. The number of piperazine rings is 1. The summed E-state index contributed by atoms with van der Waals surface area (Å²) < 4.78 is 5.13. The van der Waals surface area contributed by atoms with Crippen molar-refractivity contribution in [3.8, 4) is 0 Å². The van der Waals surface area contributed by atoms with Crippen LogP contribution in [0.25, 0.3) is 0 Å². The van der Waals surface area contributed by atoms with Gasteiger partial charge >= 0.3 is 0 Å². The molecule has 8 heteroatoms. The van der Waals surface area contributed by atoms with Crippen LogP contribution >= 0.6 is 0 Å². The van der Waals surface area contributed by atoms with Crippen molar-refractivity contribution in [2.45, 2.75) is 19.3 Å². The fourth-order valence-electron chi connectivity index (χ4n) is 3.64. The first-order valence-electron chi connectivity index (χ1n) is 9.58. The molecule has 8 nitrogen and oxygen atoms in total. The van der Waals surface area contributed by atoms with Crippen molar-refractivity contribution in [1.29, 1.82) is 0 Å². The van der Waals surface area contributed by atoms with E-state index in [9.17, 15) is 19.2 Å². The third-order valence-corrected chi connectivity index (χ3v) is 5.27. The van der Waals surface area contributed by atoms with Gasteiger partial charge in [0.15, 0.2) is 11.5 Å². The molecule has 0 unspecified atom stereocenters. The Balaban J connectivity index is 1.26. The van der Waals surface area contributed by atoms with Gasteiger partial charge in [0.1, 0.15) is 0 Å². The van der Waals surface area contributed by atoms with Crippen molar-refractivity contribution in [2.24, 2.45) is 0 Å². The summed E-state index contributed by atoms with van der Waals surface area (Å²) >= 11 is 0. The Hall–Kier alpha value is -3.42. The second-order valence-corrected chi connectivity index (χ2v) is 7.17. The Bertz CT molecular complexity index is 959. The number of fused-ring (bicyclic) bond motifs is 1. The van der Waals surface area contributed by atoms with Crippen LogP contribution in [0.1, 0.15) is 39.3 Å². The van der Waals surface area contributed by atoms with Gasteiger partial charge in [0, 0.05) is 50.3 Å². The number of carbonyl (C=O) groups excluding carboxylic acids is 4. The minimum atomic E-state index is -0.179. The molecule has 1 saturated heterocycles. The molecule has 150 valence electrons. The molecule has 3 amide bonds. The maximum Gasteiger partial charge on any atom is 0.289 e. The van der Waals surface area contributed by atoms with Crippen molar-refractivity contribution in [3.63, 3.8) is 0 Å². The summed E-state index contributed by atoms with van der Waals surface area (Å²) in [5.74, 6) is -0.179. The molecule has 2 aromatic rings. The van der Waals surface area contributed by atoms with Crippen molar-refractivity contribution < 1.29 is 23.6 Å². The minimum Gasteiger partial charge on any atom is -0.459 e. The van der Waals surface area contributed by atoms with Gasteiger partial charge < -0.3 is 19.5 Å². The third kappa shape index (κ3) is 4.06. The first-order chi connectivity index (χ1) is 14.0. The molecule has 1 N–H and O–H groups in total. The van der Waals surface area contributed by atoms with E-state index >= 15 is 0 Å². The summed E-state index contributed by atoms with van der Waals surface area (Å²) in [6.45, 7) is 1.74. The highest BCUT2D eigenvalue weighted by molar-refractivity contribution is 6.02. The standard InChI is InChI=1S/C21H21N3O5/c25-17(14-3-4-16-15(12-14)13-19(26)22-16)5-6-20(27)23-7-9-24(10-8-23)21(28)18-2-1-11-29-18/h1-4,11-12H,5-10,13H2,(H,22,26). The monoisotopic (exact) mass is 395 g/mol. The highest BCUT2D eigenvalue weighted by atomic mass is 16.3. The molecule has 0 spiro atoms. The van der Waals surface area contributed by atoms with Gasteiger partial charge in [-0.15, -0.1) is 0 Å². The van der Waals surface area contributed by atoms with Crippen molar-refractivity contribution in [3.05, 3.63) is 53.5 Å². The molecule has 3 heterocycles. The normalized spacial score (nSPS) is 15.8. The van der Waals surface area contributed by atoms with E-state index in [4.69, 9.17) is 4.42 Å². The Kier molecular flexibility index (Phi) is 5.16. The number of nitrogens with zero attached hydrogens (tertiary/aromatic N) is 2. The van der Waals surface area contributed by atoms with Crippen molar-refractivity contribution in [2.75, 3.05) is 31.5 Å². The largest absolute Gasteiger partial charge is 0.459 e. The second-order valence-electron chi connectivity index (χ2n) is 7.17. The van der Waals surface area contributed by atoms with E-state index in [0.717, 1.165) is 11.3 Å². The SMILES string of the molecule is O=C1Cc2cc(C(=O)CCC(=O)N3CCN(C(=O)c4ccco4)CC3)ccc2N1. The van der Waals surface area contributed by atoms with Crippen molar-refractivity contribution >= 4 is 29.2 Å². The summed E-state index contributed by atoms with van der Waals surface area (Å²) in [7, 11) is 0. The van der Waals surface area contributed by atoms with E-state index < -0.39 is 0 Å². The molecule has 0 bridgehead atoms. The maximum absolute atomic E-state index is 12.5. The first-order valence-corrected chi connectivity index (χ1v) is 9.58. The topological polar surface area (TPSA) is 99.9 Å². The van der Waals surface area contributed by atoms with E-state index in [1.807, 2.05) is 0 Å². The molecule has 1 aromatic heterocycles. The Morgan fingerprint density at radius 3 is 2.48 bits per heavy atom. The molecule has 0 saturated carbocycles. The van der Waals surface area contributed by atoms with Crippen LogP contribution in [0.3, 0.4) is 0 Å². The zero-order valence-corrected chi connectivity index (χ0v) is 15.8. The average molecular weight is 395 g/mol. The van der Waals surface area contributed by atoms with E-state index in [1.165, 1.54) is 6.26 Å². The summed E-state index contributed by atoms with van der Waals surface area (Å²) in [5.41, 5.74) is 2.07. The number of Topliss-reactive ketones (excluding diaryl/α,β-unsaturated/α-hetero) is 1. The number of hydrogen-bond donors (Lipinski definition) is 1. The lowest BCUT2D eigenvalue weighted by Crippen LogP contribution is -2.50. The third-order valence-electron chi connectivity index (χ3n) is 5.27. The van der Waals surface area contributed by atoms with Gasteiger partial charge in [0.2, 0.25) is 11.8 Å². The lowest BCUT2D eigenvalue weighted by molar-refractivity contribution is -0.132. The molecular formula is C21H21N3O5. The van der Waals surface area contributed by atoms with Gasteiger partial charge in [0.05, 0.1) is 12.7 Å². The van der Waals surface area contributed by atoms with Gasteiger partial charge in [-0.3, -0.25) is 19.2 Å². The molecule has 0 radical (unpaired) electrons. The van der Waals surface area contributed by atoms with Crippen LogP contribution in [-0.2, 0) is 16.0 Å². The first kappa shape index (κ1) is 18.9. The fraction of sp³-hybridized carbons (Fsp3) is 0.333. The molecule has 1 aromatic carbocycles. The van der Waals surface area contributed by atoms with Gasteiger partial charge in [0.25, 0.3) is 5.91 Å². The summed E-state index contributed by atoms with van der Waals surface area (Å²) in [6.07, 6.45) is 1.97. The Morgan fingerprint density at radius 1 is 1.00 bits per heavy atom. The number of carbonyl (C=O) groups is 4. The predicted molar refractivity (Wildman–Crippen MR) is 104 cm³/mol. The van der Waals surface area contributed by atoms with Gasteiger partial charge in [-0.25, -0.2) is 0 Å². The zero-order chi connectivity index (χ0) is 20.4. The minimum absolute atomic E-state index is 0.0792. The van der Waals surface area contributed by atoms with Crippen LogP contribution < -0.4 is 5.32 Å². The smallest absolute Gasteiger partial charge is 0.289 e. The fourth-order valence-corrected chi connectivity index (χ4v) is 3.64. The second kappa shape index (κ2) is 7.90. The quantitative estimate of drug-likeness (QED) is 0.777. The van der Waals surface area contributed by atoms with Gasteiger partial charge in [-0.1, -0.05) is 0 Å². The molecule has 0 atom stereocenters. The molecule has 0 aliphatic carbocycles. The van der Waals surface area contributed by atoms with Crippen LogP contribution in [0.2, 0.25) is 0 Å². The Labute approximate surface area is 167 Å². The van der Waals surface area contributed by atoms with Gasteiger partial charge in [-0.05, 0) is 35.9 Å². The number of furan rings is 1. The zero-order valence-electron chi connectivity index (χ0n) is 15.8. The molecular weight excluding hydrogens is 374 g/mol. The summed E-state index contributed by atoms with van der Waals surface area (Å²) in [4.78, 5) is 52.0. The van der Waals surface area contributed by atoms with Gasteiger partial charge in [-0.2, -0.15) is 0 Å². The highest BCUT2D eigenvalue weighted by Crippen LogP contribution is 2.24. The number of anilines is 1. The number of rotatable bonds is 5. The average Bonchev–Trinajstić information content (AvgIpc) is 3.39. The van der Waals surface area contributed by atoms with E-state index in [2.05, 4.69) is 5.32 Å². The van der Waals surface area contributed by atoms with Crippen LogP contribution in [0.15, 0.2) is 41.0 Å². The lowest BCUT2D eigenvalue weighted by Gasteiger charge is -2.34. The number of amides is 3. The number of benzene rings is 1. The Morgan fingerprint density at radius 2 is 1.76 bits per heavy atom. The molecule has 2 aliphatic heterocycles. The number of nitrogens with one attached hydrogen (secondary N) is 1. The molecule has 4 rings (SSSR count). The molecule has 29 heavy (non-hydrogen) atoms. The lowest BCUT2D eigenvalue weighted by atomic mass is 10.0. The highest BCUT2D eigenvalue weighted by Gasteiger charge is 2.26. The van der Waals surface area contributed by atoms with Crippen LogP contribution in [0.4, 0.5) is 5.69 Å². The van der Waals surface area contributed by atoms with Crippen molar-refractivity contribution in [1.82, 2.24) is 9.80 Å². The maximum atomic E-state index is 12.5. The number of hydrogen-bond acceptors (Lipinski definition) is 5. The van der Waals surface area contributed by atoms with E-state index in [0.29, 0.717) is 37.5 Å². The summed E-state index contributed by atoms with van der Waals surface area (Å²) in [5, 5.41) is 2.73. The molecule has 1 fully saturated rings. The van der Waals surface area contributed by atoms with Crippen LogP contribution in [0.5, 0.6) is 0 Å². The van der Waals surface area contributed by atoms with Crippen LogP contribution in [0, 0.1) is 0 Å².